The van der Waals surface area contributed by atoms with E-state index < -0.39 is 5.97 Å². The number of hydrogen-bond acceptors (Lipinski definition) is 8. The molecule has 1 amide bonds. The number of ether oxygens (including phenoxy) is 1. The summed E-state index contributed by atoms with van der Waals surface area (Å²) in [6.45, 7) is 5.68. The van der Waals surface area contributed by atoms with Crippen LogP contribution in [0.2, 0.25) is 0 Å². The number of nitrogens with zero attached hydrogens (tertiary/aromatic N) is 2. The van der Waals surface area contributed by atoms with Crippen LogP contribution in [0.1, 0.15) is 27.7 Å². The summed E-state index contributed by atoms with van der Waals surface area (Å²) in [5, 5.41) is 11.2. The second-order valence-electron chi connectivity index (χ2n) is 5.92. The van der Waals surface area contributed by atoms with Crippen molar-refractivity contribution in [3.8, 4) is 11.5 Å². The largest absolute Gasteiger partial charge is 0.462 e. The molecule has 1 aromatic carbocycles. The SMILES string of the molecule is CCOC(=O)c1c(NC(=O)CSc2nnc(-c3ccc(F)cc3)o2)sc(C)c1C. The number of rotatable bonds is 7. The van der Waals surface area contributed by atoms with Gasteiger partial charge in [-0.15, -0.1) is 21.5 Å². The molecule has 0 atom stereocenters. The summed E-state index contributed by atoms with van der Waals surface area (Å²) in [4.78, 5) is 25.5. The summed E-state index contributed by atoms with van der Waals surface area (Å²) in [5.74, 6) is -0.882. The Hall–Kier alpha value is -2.72. The highest BCUT2D eigenvalue weighted by Crippen LogP contribution is 2.33. The minimum absolute atomic E-state index is 0.0172. The Morgan fingerprint density at radius 2 is 1.97 bits per heavy atom. The molecule has 0 saturated carbocycles. The molecule has 152 valence electrons. The van der Waals surface area contributed by atoms with Gasteiger partial charge in [-0.25, -0.2) is 9.18 Å². The van der Waals surface area contributed by atoms with Crippen molar-refractivity contribution in [1.82, 2.24) is 10.2 Å². The van der Waals surface area contributed by atoms with Crippen LogP contribution in [0, 0.1) is 19.7 Å². The standard InChI is InChI=1S/C19H18FN3O4S2/c1-4-26-18(25)15-10(2)11(3)29-17(15)21-14(24)9-28-19-23-22-16(27-19)12-5-7-13(20)8-6-12/h5-8H,4,9H2,1-3H3,(H,21,24). The third-order valence-electron chi connectivity index (χ3n) is 3.94. The van der Waals surface area contributed by atoms with E-state index in [1.807, 2.05) is 13.8 Å². The molecule has 2 heterocycles. The number of anilines is 1. The predicted molar refractivity (Wildman–Crippen MR) is 109 cm³/mol. The predicted octanol–water partition coefficient (Wildman–Crippen LogP) is 4.46. The normalized spacial score (nSPS) is 10.8. The first-order valence-corrected chi connectivity index (χ1v) is 10.5. The second-order valence-corrected chi connectivity index (χ2v) is 8.08. The molecule has 3 rings (SSSR count). The van der Waals surface area contributed by atoms with Gasteiger partial charge in [0, 0.05) is 10.4 Å². The number of carbonyl (C=O) groups is 2. The first kappa shape index (κ1) is 21.0. The summed E-state index contributed by atoms with van der Waals surface area (Å²) in [6.07, 6.45) is 0. The molecular formula is C19H18FN3O4S2. The van der Waals surface area contributed by atoms with Gasteiger partial charge < -0.3 is 14.5 Å². The number of halogens is 1. The Labute approximate surface area is 174 Å². The molecule has 0 unspecified atom stereocenters. The molecule has 29 heavy (non-hydrogen) atoms. The third-order valence-corrected chi connectivity index (χ3v) is 5.88. The molecule has 0 radical (unpaired) electrons. The molecule has 2 aromatic heterocycles. The summed E-state index contributed by atoms with van der Waals surface area (Å²) in [6, 6.07) is 5.66. The van der Waals surface area contributed by atoms with Gasteiger partial charge in [0.05, 0.1) is 17.9 Å². The number of hydrogen-bond donors (Lipinski definition) is 1. The van der Waals surface area contributed by atoms with Crippen molar-refractivity contribution in [2.75, 3.05) is 17.7 Å². The molecule has 0 aliphatic rings. The quantitative estimate of drug-likeness (QED) is 0.432. The Morgan fingerprint density at radius 3 is 2.66 bits per heavy atom. The average Bonchev–Trinajstić information content (AvgIpc) is 3.26. The molecule has 7 nitrogen and oxygen atoms in total. The number of nitrogens with one attached hydrogen (secondary N) is 1. The third kappa shape index (κ3) is 5.01. The van der Waals surface area contributed by atoms with Crippen LogP contribution in [0.4, 0.5) is 9.39 Å². The number of benzene rings is 1. The van der Waals surface area contributed by atoms with Crippen LogP contribution >= 0.6 is 23.1 Å². The van der Waals surface area contributed by atoms with Gasteiger partial charge in [-0.3, -0.25) is 4.79 Å². The van der Waals surface area contributed by atoms with E-state index in [2.05, 4.69) is 15.5 Å². The minimum Gasteiger partial charge on any atom is -0.462 e. The van der Waals surface area contributed by atoms with Gasteiger partial charge in [0.15, 0.2) is 0 Å². The fourth-order valence-electron chi connectivity index (χ4n) is 2.43. The second kappa shape index (κ2) is 9.19. The van der Waals surface area contributed by atoms with E-state index in [0.717, 1.165) is 22.2 Å². The number of thiophene rings is 1. The number of esters is 1. The molecular weight excluding hydrogens is 417 g/mol. The molecule has 0 aliphatic heterocycles. The van der Waals surface area contributed by atoms with Crippen LogP contribution in [0.25, 0.3) is 11.5 Å². The van der Waals surface area contributed by atoms with E-state index in [9.17, 15) is 14.0 Å². The number of aromatic nitrogens is 2. The first-order valence-electron chi connectivity index (χ1n) is 8.68. The van der Waals surface area contributed by atoms with Crippen molar-refractivity contribution >= 4 is 40.0 Å². The van der Waals surface area contributed by atoms with Crippen LogP contribution in [-0.4, -0.2) is 34.4 Å². The molecule has 10 heteroatoms. The highest BCUT2D eigenvalue weighted by atomic mass is 32.2. The highest BCUT2D eigenvalue weighted by molar-refractivity contribution is 7.99. The first-order chi connectivity index (χ1) is 13.9. The topological polar surface area (TPSA) is 94.3 Å². The van der Waals surface area contributed by atoms with Crippen molar-refractivity contribution in [2.45, 2.75) is 26.0 Å². The van der Waals surface area contributed by atoms with Crippen LogP contribution in [-0.2, 0) is 9.53 Å². The number of aryl methyl sites for hydroxylation is 1. The molecule has 0 spiro atoms. The van der Waals surface area contributed by atoms with E-state index in [-0.39, 0.29) is 35.2 Å². The molecule has 0 saturated heterocycles. The lowest BCUT2D eigenvalue weighted by Crippen LogP contribution is -2.16. The zero-order valence-corrected chi connectivity index (χ0v) is 17.6. The lowest BCUT2D eigenvalue weighted by Gasteiger charge is -2.06. The Bertz CT molecular complexity index is 1030. The summed E-state index contributed by atoms with van der Waals surface area (Å²) in [7, 11) is 0. The molecule has 3 aromatic rings. The lowest BCUT2D eigenvalue weighted by molar-refractivity contribution is -0.113. The molecule has 1 N–H and O–H groups in total. The number of amides is 1. The van der Waals surface area contributed by atoms with E-state index in [0.29, 0.717) is 16.1 Å². The highest BCUT2D eigenvalue weighted by Gasteiger charge is 2.22. The molecule has 0 aliphatic carbocycles. The Kier molecular flexibility index (Phi) is 6.65. The molecule has 0 fully saturated rings. The Morgan fingerprint density at radius 1 is 1.24 bits per heavy atom. The summed E-state index contributed by atoms with van der Waals surface area (Å²) < 4.78 is 23.6. The van der Waals surface area contributed by atoms with Crippen LogP contribution in [0.5, 0.6) is 0 Å². The number of carbonyl (C=O) groups excluding carboxylic acids is 2. The van der Waals surface area contributed by atoms with Crippen molar-refractivity contribution in [1.29, 1.82) is 0 Å². The average molecular weight is 436 g/mol. The molecule has 0 bridgehead atoms. The van der Waals surface area contributed by atoms with E-state index in [1.54, 1.807) is 6.92 Å². The zero-order valence-electron chi connectivity index (χ0n) is 15.9. The van der Waals surface area contributed by atoms with E-state index in [4.69, 9.17) is 9.15 Å². The maximum atomic E-state index is 13.0. The summed E-state index contributed by atoms with van der Waals surface area (Å²) >= 11 is 2.39. The van der Waals surface area contributed by atoms with Crippen LogP contribution in [0.15, 0.2) is 33.9 Å². The van der Waals surface area contributed by atoms with Crippen LogP contribution in [0.3, 0.4) is 0 Å². The van der Waals surface area contributed by atoms with Gasteiger partial charge >= 0.3 is 5.97 Å². The van der Waals surface area contributed by atoms with Crippen molar-refractivity contribution < 1.29 is 23.1 Å². The van der Waals surface area contributed by atoms with Crippen LogP contribution < -0.4 is 5.32 Å². The van der Waals surface area contributed by atoms with Crippen molar-refractivity contribution in [3.05, 3.63) is 46.1 Å². The monoisotopic (exact) mass is 435 g/mol. The fraction of sp³-hybridized carbons (Fsp3) is 0.263. The van der Waals surface area contributed by atoms with Gasteiger partial charge in [0.2, 0.25) is 11.8 Å². The maximum Gasteiger partial charge on any atom is 0.341 e. The van der Waals surface area contributed by atoms with Gasteiger partial charge in [-0.2, -0.15) is 0 Å². The number of thioether (sulfide) groups is 1. The zero-order chi connectivity index (χ0) is 21.0. The van der Waals surface area contributed by atoms with E-state index >= 15 is 0 Å². The van der Waals surface area contributed by atoms with Gasteiger partial charge in [0.1, 0.15) is 10.8 Å². The maximum absolute atomic E-state index is 13.0. The lowest BCUT2D eigenvalue weighted by atomic mass is 10.1. The Balaban J connectivity index is 1.63. The van der Waals surface area contributed by atoms with Gasteiger partial charge in [-0.1, -0.05) is 11.8 Å². The fourth-order valence-corrected chi connectivity index (χ4v) is 4.06. The smallest absolute Gasteiger partial charge is 0.341 e. The van der Waals surface area contributed by atoms with Crippen molar-refractivity contribution in [2.24, 2.45) is 0 Å². The van der Waals surface area contributed by atoms with Crippen molar-refractivity contribution in [3.63, 3.8) is 0 Å². The minimum atomic E-state index is -0.460. The van der Waals surface area contributed by atoms with Gasteiger partial charge in [-0.05, 0) is 50.6 Å². The van der Waals surface area contributed by atoms with E-state index in [1.165, 1.54) is 35.6 Å². The van der Waals surface area contributed by atoms with Gasteiger partial charge in [0.25, 0.3) is 5.22 Å². The summed E-state index contributed by atoms with van der Waals surface area (Å²) in [5.41, 5.74) is 1.75.